The predicted octanol–water partition coefficient (Wildman–Crippen LogP) is 2.58. The lowest BCUT2D eigenvalue weighted by molar-refractivity contribution is -0.128. The minimum Gasteiger partial charge on any atom is -0.453 e. The smallest absolute Gasteiger partial charge is 0.335 e. The molecule has 0 spiro atoms. The van der Waals surface area contributed by atoms with Crippen LogP contribution in [-0.2, 0) is 4.79 Å². The maximum Gasteiger partial charge on any atom is 0.335 e. The van der Waals surface area contributed by atoms with Crippen LogP contribution < -0.4 is 4.74 Å². The van der Waals surface area contributed by atoms with Crippen LogP contribution in [0.1, 0.15) is 11.1 Å². The third-order valence-electron chi connectivity index (χ3n) is 2.35. The number of furan rings is 2. The zero-order chi connectivity index (χ0) is 10.3. The van der Waals surface area contributed by atoms with Crippen molar-refractivity contribution in [3.63, 3.8) is 0 Å². The number of rotatable bonds is 2. The van der Waals surface area contributed by atoms with E-state index in [1.807, 2.05) is 13.8 Å². The van der Waals surface area contributed by atoms with Crippen molar-refractivity contribution in [2.45, 2.75) is 13.8 Å². The number of hydrogen-bond acceptors (Lipinski definition) is 3. The van der Waals surface area contributed by atoms with Crippen LogP contribution in [0.5, 0.6) is 5.75 Å². The number of carbonyl (C=O) groups excluding carboxylic acids is 1. The molecule has 0 atom stereocenters. The summed E-state index contributed by atoms with van der Waals surface area (Å²) in [6.45, 7) is 7.24. The highest BCUT2D eigenvalue weighted by Gasteiger charge is 2.17. The Hall–Kier alpha value is -1.77. The maximum atomic E-state index is 11.0. The lowest BCUT2D eigenvalue weighted by atomic mass is 10.1. The van der Waals surface area contributed by atoms with Crippen molar-refractivity contribution in [2.24, 2.45) is 0 Å². The van der Waals surface area contributed by atoms with Crippen LogP contribution in [0.3, 0.4) is 0 Å². The normalized spacial score (nSPS) is 10.7. The summed E-state index contributed by atoms with van der Waals surface area (Å²) in [4.78, 5) is 11.0. The SMILES string of the molecule is C=CC(=O)Oc1cc2oc1c(C)c2C. The van der Waals surface area contributed by atoms with Gasteiger partial charge >= 0.3 is 5.97 Å². The molecule has 0 fully saturated rings. The number of fused-ring (bicyclic) bond motifs is 2. The monoisotopic (exact) mass is 190 g/mol. The molecule has 14 heavy (non-hydrogen) atoms. The number of benzene rings is 1. The second-order valence-corrected chi connectivity index (χ2v) is 3.18. The van der Waals surface area contributed by atoms with Crippen LogP contribution in [0, 0.1) is 13.8 Å². The number of ether oxygens (including phenoxy) is 1. The number of aryl methyl sites for hydroxylation is 2. The van der Waals surface area contributed by atoms with Crippen molar-refractivity contribution in [1.82, 2.24) is 0 Å². The van der Waals surface area contributed by atoms with Gasteiger partial charge < -0.3 is 9.15 Å². The highest BCUT2D eigenvalue weighted by atomic mass is 16.5. The second-order valence-electron chi connectivity index (χ2n) is 3.18. The lowest BCUT2D eigenvalue weighted by Gasteiger charge is -1.99. The van der Waals surface area contributed by atoms with Gasteiger partial charge in [-0.25, -0.2) is 4.79 Å². The van der Waals surface area contributed by atoms with Crippen LogP contribution in [0.2, 0.25) is 0 Å². The Bertz CT molecular complexity index is 493. The molecule has 2 aromatic heterocycles. The zero-order valence-electron chi connectivity index (χ0n) is 8.09. The van der Waals surface area contributed by atoms with Gasteiger partial charge in [-0.15, -0.1) is 0 Å². The molecule has 0 aliphatic carbocycles. The summed E-state index contributed by atoms with van der Waals surface area (Å²) < 4.78 is 10.4. The molecule has 3 heteroatoms. The summed E-state index contributed by atoms with van der Waals surface area (Å²) >= 11 is 0. The highest BCUT2D eigenvalue weighted by Crippen LogP contribution is 2.36. The van der Waals surface area contributed by atoms with Crippen LogP contribution in [0.25, 0.3) is 11.2 Å². The fraction of sp³-hybridized carbons (Fsp3) is 0.182. The first-order valence-electron chi connectivity index (χ1n) is 4.29. The average molecular weight is 190 g/mol. The Labute approximate surface area is 81.3 Å². The Morgan fingerprint density at radius 3 is 2.71 bits per heavy atom. The minimum atomic E-state index is -0.467. The van der Waals surface area contributed by atoms with E-state index in [1.165, 1.54) is 0 Å². The highest BCUT2D eigenvalue weighted by molar-refractivity contribution is 5.87. The van der Waals surface area contributed by atoms with E-state index in [9.17, 15) is 4.79 Å². The van der Waals surface area contributed by atoms with Crippen molar-refractivity contribution in [2.75, 3.05) is 0 Å². The quantitative estimate of drug-likeness (QED) is 0.415. The molecular weight excluding hydrogens is 180 g/mol. The molecule has 0 saturated carbocycles. The van der Waals surface area contributed by atoms with Crippen LogP contribution in [0.4, 0.5) is 0 Å². The Morgan fingerprint density at radius 1 is 1.50 bits per heavy atom. The van der Waals surface area contributed by atoms with Gasteiger partial charge in [0, 0.05) is 17.7 Å². The molecule has 2 aromatic rings. The van der Waals surface area contributed by atoms with E-state index < -0.39 is 5.97 Å². The summed E-state index contributed by atoms with van der Waals surface area (Å²) in [6, 6.07) is 1.72. The molecule has 0 aromatic carbocycles. The number of hydrogen-bond donors (Lipinski definition) is 0. The third-order valence-corrected chi connectivity index (χ3v) is 2.35. The van der Waals surface area contributed by atoms with E-state index in [1.54, 1.807) is 6.07 Å². The van der Waals surface area contributed by atoms with Crippen LogP contribution in [-0.4, -0.2) is 5.97 Å². The Morgan fingerprint density at radius 2 is 2.21 bits per heavy atom. The van der Waals surface area contributed by atoms with Gasteiger partial charge in [-0.1, -0.05) is 6.58 Å². The van der Waals surface area contributed by atoms with Gasteiger partial charge in [-0.2, -0.15) is 0 Å². The summed E-state index contributed by atoms with van der Waals surface area (Å²) in [5, 5.41) is 0. The van der Waals surface area contributed by atoms with Gasteiger partial charge in [0.25, 0.3) is 0 Å². The maximum absolute atomic E-state index is 11.0. The molecular formula is C11H10O3. The molecule has 2 rings (SSSR count). The van der Waals surface area contributed by atoms with E-state index in [-0.39, 0.29) is 0 Å². The van der Waals surface area contributed by atoms with Crippen molar-refractivity contribution in [1.29, 1.82) is 0 Å². The van der Waals surface area contributed by atoms with Crippen LogP contribution >= 0.6 is 0 Å². The second kappa shape index (κ2) is 2.87. The number of carbonyl (C=O) groups is 1. The molecule has 72 valence electrons. The van der Waals surface area contributed by atoms with Crippen molar-refractivity contribution < 1.29 is 13.9 Å². The summed E-state index contributed by atoms with van der Waals surface area (Å²) in [6.07, 6.45) is 1.13. The molecule has 0 aliphatic rings. The Kier molecular flexibility index (Phi) is 1.81. The van der Waals surface area contributed by atoms with E-state index in [0.717, 1.165) is 22.8 Å². The van der Waals surface area contributed by atoms with Gasteiger partial charge in [0.2, 0.25) is 0 Å². The van der Waals surface area contributed by atoms with Gasteiger partial charge in [0.15, 0.2) is 11.3 Å². The molecule has 3 nitrogen and oxygen atoms in total. The van der Waals surface area contributed by atoms with Crippen molar-refractivity contribution in [3.05, 3.63) is 29.8 Å². The van der Waals surface area contributed by atoms with Gasteiger partial charge in [-0.05, 0) is 19.4 Å². The van der Waals surface area contributed by atoms with Crippen molar-refractivity contribution >= 4 is 17.1 Å². The van der Waals surface area contributed by atoms with Gasteiger partial charge in [0.1, 0.15) is 5.58 Å². The molecule has 0 N–H and O–H groups in total. The first-order chi connectivity index (χ1) is 6.63. The molecule has 0 unspecified atom stereocenters. The number of esters is 1. The van der Waals surface area contributed by atoms with Crippen molar-refractivity contribution in [3.8, 4) is 5.75 Å². The summed E-state index contributed by atoms with van der Waals surface area (Å²) in [5.41, 5.74) is 3.53. The summed E-state index contributed by atoms with van der Waals surface area (Å²) in [5.74, 6) is 0.0129. The molecule has 2 bridgehead atoms. The Balaban J connectivity index is 2.43. The third kappa shape index (κ3) is 1.09. The van der Waals surface area contributed by atoms with E-state index in [2.05, 4.69) is 6.58 Å². The van der Waals surface area contributed by atoms with Crippen LogP contribution in [0.15, 0.2) is 23.1 Å². The van der Waals surface area contributed by atoms with Gasteiger partial charge in [0.05, 0.1) is 0 Å². The first-order valence-corrected chi connectivity index (χ1v) is 4.29. The van der Waals surface area contributed by atoms with E-state index in [0.29, 0.717) is 11.3 Å². The largest absolute Gasteiger partial charge is 0.453 e. The fourth-order valence-electron chi connectivity index (χ4n) is 1.40. The standard InChI is InChI=1S/C11H10O3/c1-4-10(12)13-9-5-8-6(2)7(3)11(9)14-8/h4-5H,1H2,2-3H3. The molecule has 0 aliphatic heterocycles. The minimum absolute atomic E-state index is 0.467. The van der Waals surface area contributed by atoms with E-state index in [4.69, 9.17) is 9.15 Å². The molecule has 0 amide bonds. The van der Waals surface area contributed by atoms with Gasteiger partial charge in [-0.3, -0.25) is 0 Å². The molecule has 0 radical (unpaired) electrons. The molecule has 2 heterocycles. The fourth-order valence-corrected chi connectivity index (χ4v) is 1.40. The first kappa shape index (κ1) is 8.81. The average Bonchev–Trinajstić information content (AvgIpc) is 2.68. The zero-order valence-corrected chi connectivity index (χ0v) is 8.09. The molecule has 0 saturated heterocycles. The summed E-state index contributed by atoms with van der Waals surface area (Å²) in [7, 11) is 0. The predicted molar refractivity (Wildman–Crippen MR) is 52.7 cm³/mol. The lowest BCUT2D eigenvalue weighted by Crippen LogP contribution is -2.02. The van der Waals surface area contributed by atoms with E-state index >= 15 is 0 Å². The topological polar surface area (TPSA) is 39.4 Å².